The van der Waals surface area contributed by atoms with Crippen molar-refractivity contribution in [2.75, 3.05) is 0 Å². The highest BCUT2D eigenvalue weighted by molar-refractivity contribution is 9.10. The van der Waals surface area contributed by atoms with Crippen molar-refractivity contribution in [1.29, 1.82) is 0 Å². The second kappa shape index (κ2) is 5.54. The molecular formula is C13H16BrN3O. The number of nitrogens with zero attached hydrogens (tertiary/aromatic N) is 2. The van der Waals surface area contributed by atoms with Crippen molar-refractivity contribution in [3.8, 4) is 5.88 Å². The third-order valence-corrected chi connectivity index (χ3v) is 3.25. The molecule has 1 aromatic carbocycles. The minimum atomic E-state index is 0.438. The predicted octanol–water partition coefficient (Wildman–Crippen LogP) is 2.53. The molecule has 96 valence electrons. The van der Waals surface area contributed by atoms with Gasteiger partial charge in [0.2, 0.25) is 5.88 Å². The van der Waals surface area contributed by atoms with Crippen LogP contribution in [0.4, 0.5) is 0 Å². The third-order valence-electron chi connectivity index (χ3n) is 2.76. The summed E-state index contributed by atoms with van der Waals surface area (Å²) in [5.41, 5.74) is 8.71. The number of benzene rings is 1. The number of hydrogen-bond donors (Lipinski definition) is 1. The maximum Gasteiger partial charge on any atom is 0.216 e. The molecule has 0 bridgehead atoms. The highest BCUT2D eigenvalue weighted by Gasteiger charge is 2.13. The highest BCUT2D eigenvalue weighted by atomic mass is 79.9. The molecule has 0 aliphatic carbocycles. The van der Waals surface area contributed by atoms with Gasteiger partial charge in [-0.25, -0.2) is 4.68 Å². The van der Waals surface area contributed by atoms with Gasteiger partial charge in [-0.05, 0) is 24.6 Å². The van der Waals surface area contributed by atoms with Crippen molar-refractivity contribution in [1.82, 2.24) is 9.78 Å². The molecule has 0 amide bonds. The minimum Gasteiger partial charge on any atom is -0.473 e. The predicted molar refractivity (Wildman–Crippen MR) is 74.3 cm³/mol. The normalized spacial score (nSPS) is 10.7. The molecule has 0 saturated carbocycles. The smallest absolute Gasteiger partial charge is 0.216 e. The summed E-state index contributed by atoms with van der Waals surface area (Å²) in [7, 11) is 1.86. The van der Waals surface area contributed by atoms with E-state index in [1.807, 2.05) is 38.2 Å². The van der Waals surface area contributed by atoms with Crippen LogP contribution in [0.25, 0.3) is 0 Å². The van der Waals surface area contributed by atoms with Crippen LogP contribution in [0.1, 0.15) is 16.8 Å². The first-order chi connectivity index (χ1) is 8.61. The lowest BCUT2D eigenvalue weighted by Crippen LogP contribution is -2.05. The van der Waals surface area contributed by atoms with Gasteiger partial charge in [-0.2, -0.15) is 5.10 Å². The number of aryl methyl sites for hydroxylation is 2. The van der Waals surface area contributed by atoms with E-state index in [9.17, 15) is 0 Å². The standard InChI is InChI=1S/C13H16BrN3O/c1-9-12(7-15)13(17(2)16-9)18-8-10-4-3-5-11(14)6-10/h3-6H,7-8,15H2,1-2H3. The molecule has 0 spiro atoms. The van der Waals surface area contributed by atoms with Crippen molar-refractivity contribution in [3.63, 3.8) is 0 Å². The fourth-order valence-electron chi connectivity index (χ4n) is 1.87. The van der Waals surface area contributed by atoms with Crippen molar-refractivity contribution in [2.24, 2.45) is 12.8 Å². The minimum absolute atomic E-state index is 0.438. The van der Waals surface area contributed by atoms with Crippen LogP contribution in [0, 0.1) is 6.92 Å². The fourth-order valence-corrected chi connectivity index (χ4v) is 2.32. The fraction of sp³-hybridized carbons (Fsp3) is 0.308. The van der Waals surface area contributed by atoms with E-state index in [0.29, 0.717) is 13.2 Å². The second-order valence-corrected chi connectivity index (χ2v) is 5.03. The monoisotopic (exact) mass is 309 g/mol. The van der Waals surface area contributed by atoms with Gasteiger partial charge in [-0.15, -0.1) is 0 Å². The molecule has 0 saturated heterocycles. The zero-order valence-electron chi connectivity index (χ0n) is 10.5. The van der Waals surface area contributed by atoms with Crippen LogP contribution in [0.2, 0.25) is 0 Å². The molecule has 0 radical (unpaired) electrons. The third kappa shape index (κ3) is 2.73. The summed E-state index contributed by atoms with van der Waals surface area (Å²) in [6, 6.07) is 8.03. The van der Waals surface area contributed by atoms with E-state index in [-0.39, 0.29) is 0 Å². The van der Waals surface area contributed by atoms with Gasteiger partial charge in [0.1, 0.15) is 6.61 Å². The molecule has 2 aromatic rings. The topological polar surface area (TPSA) is 53.1 Å². The lowest BCUT2D eigenvalue weighted by Gasteiger charge is -2.08. The van der Waals surface area contributed by atoms with Crippen LogP contribution >= 0.6 is 15.9 Å². The molecule has 2 rings (SSSR count). The van der Waals surface area contributed by atoms with Crippen molar-refractivity contribution in [2.45, 2.75) is 20.1 Å². The van der Waals surface area contributed by atoms with Gasteiger partial charge in [0.05, 0.1) is 11.3 Å². The van der Waals surface area contributed by atoms with Gasteiger partial charge in [0, 0.05) is 18.1 Å². The van der Waals surface area contributed by atoms with Gasteiger partial charge in [0.15, 0.2) is 0 Å². The average molecular weight is 310 g/mol. The first-order valence-corrected chi connectivity index (χ1v) is 6.51. The molecule has 4 nitrogen and oxygen atoms in total. The molecule has 5 heteroatoms. The molecule has 0 atom stereocenters. The lowest BCUT2D eigenvalue weighted by atomic mass is 10.2. The number of aromatic nitrogens is 2. The summed E-state index contributed by atoms with van der Waals surface area (Å²) in [5, 5.41) is 4.31. The number of rotatable bonds is 4. The van der Waals surface area contributed by atoms with Crippen LogP contribution in [-0.4, -0.2) is 9.78 Å². The largest absolute Gasteiger partial charge is 0.473 e. The van der Waals surface area contributed by atoms with Crippen LogP contribution in [0.3, 0.4) is 0 Å². The van der Waals surface area contributed by atoms with Crippen molar-refractivity contribution < 1.29 is 4.74 Å². The summed E-state index contributed by atoms with van der Waals surface area (Å²) in [4.78, 5) is 0. The SMILES string of the molecule is Cc1nn(C)c(OCc2cccc(Br)c2)c1CN. The zero-order valence-corrected chi connectivity index (χ0v) is 12.1. The van der Waals surface area contributed by atoms with E-state index in [0.717, 1.165) is 27.2 Å². The van der Waals surface area contributed by atoms with Gasteiger partial charge >= 0.3 is 0 Å². The Morgan fingerprint density at radius 1 is 1.44 bits per heavy atom. The van der Waals surface area contributed by atoms with Crippen LogP contribution in [0.5, 0.6) is 5.88 Å². The Kier molecular flexibility index (Phi) is 4.04. The molecule has 0 aliphatic rings. The first-order valence-electron chi connectivity index (χ1n) is 5.71. The average Bonchev–Trinajstić information content (AvgIpc) is 2.60. The molecular weight excluding hydrogens is 294 g/mol. The molecule has 2 N–H and O–H groups in total. The number of halogens is 1. The van der Waals surface area contributed by atoms with E-state index in [4.69, 9.17) is 10.5 Å². The second-order valence-electron chi connectivity index (χ2n) is 4.12. The van der Waals surface area contributed by atoms with E-state index < -0.39 is 0 Å². The Labute approximate surface area is 115 Å². The van der Waals surface area contributed by atoms with Crippen molar-refractivity contribution in [3.05, 3.63) is 45.6 Å². The van der Waals surface area contributed by atoms with E-state index >= 15 is 0 Å². The Hall–Kier alpha value is -1.33. The molecule has 0 unspecified atom stereocenters. The summed E-state index contributed by atoms with van der Waals surface area (Å²) in [6.45, 7) is 2.88. The Morgan fingerprint density at radius 3 is 2.89 bits per heavy atom. The number of nitrogens with two attached hydrogens (primary N) is 1. The molecule has 0 fully saturated rings. The quantitative estimate of drug-likeness (QED) is 0.944. The first kappa shape index (κ1) is 13.1. The molecule has 18 heavy (non-hydrogen) atoms. The van der Waals surface area contributed by atoms with Gasteiger partial charge < -0.3 is 10.5 Å². The van der Waals surface area contributed by atoms with Crippen LogP contribution < -0.4 is 10.5 Å². The Bertz CT molecular complexity index is 551. The van der Waals surface area contributed by atoms with E-state index in [2.05, 4.69) is 21.0 Å². The molecule has 0 aliphatic heterocycles. The van der Waals surface area contributed by atoms with Crippen molar-refractivity contribution >= 4 is 15.9 Å². The highest BCUT2D eigenvalue weighted by Crippen LogP contribution is 2.22. The molecule has 1 aromatic heterocycles. The number of ether oxygens (including phenoxy) is 1. The Morgan fingerprint density at radius 2 is 2.22 bits per heavy atom. The van der Waals surface area contributed by atoms with Gasteiger partial charge in [-0.3, -0.25) is 0 Å². The Balaban J connectivity index is 2.15. The van der Waals surface area contributed by atoms with Gasteiger partial charge in [0.25, 0.3) is 0 Å². The summed E-state index contributed by atoms with van der Waals surface area (Å²) < 4.78 is 8.60. The molecule has 1 heterocycles. The van der Waals surface area contributed by atoms with E-state index in [1.54, 1.807) is 4.68 Å². The summed E-state index contributed by atoms with van der Waals surface area (Å²) >= 11 is 3.44. The maximum absolute atomic E-state index is 5.82. The maximum atomic E-state index is 5.82. The van der Waals surface area contributed by atoms with Crippen LogP contribution in [-0.2, 0) is 20.2 Å². The van der Waals surface area contributed by atoms with E-state index in [1.165, 1.54) is 0 Å². The lowest BCUT2D eigenvalue weighted by molar-refractivity contribution is 0.276. The van der Waals surface area contributed by atoms with Crippen LogP contribution in [0.15, 0.2) is 28.7 Å². The summed E-state index contributed by atoms with van der Waals surface area (Å²) in [6.07, 6.45) is 0. The summed E-state index contributed by atoms with van der Waals surface area (Å²) in [5.74, 6) is 0.745. The zero-order chi connectivity index (χ0) is 13.1. The number of hydrogen-bond acceptors (Lipinski definition) is 3. The van der Waals surface area contributed by atoms with Gasteiger partial charge in [-0.1, -0.05) is 28.1 Å².